The average molecular weight is 402 g/mol. The van der Waals surface area contributed by atoms with Gasteiger partial charge >= 0.3 is 0 Å². The second-order valence-electron chi connectivity index (χ2n) is 6.58. The quantitative estimate of drug-likeness (QED) is 0.678. The zero-order valence-corrected chi connectivity index (χ0v) is 16.7. The largest absolute Gasteiger partial charge is 0.464 e. The zero-order chi connectivity index (χ0) is 20.5. The molecule has 3 rings (SSSR count). The van der Waals surface area contributed by atoms with E-state index in [9.17, 15) is 13.2 Å². The van der Waals surface area contributed by atoms with Crippen LogP contribution in [0.4, 0.5) is 0 Å². The highest BCUT2D eigenvalue weighted by Gasteiger charge is 2.30. The molecule has 0 fully saturated rings. The SMILES string of the molecule is Cc1oc(C)c(S(N)(=O)=O)c1C(=O)N(C)Cc1nccn1Cc1ccccc1. The average Bonchev–Trinajstić information content (AvgIpc) is 3.18. The van der Waals surface area contributed by atoms with Crippen LogP contribution in [0.25, 0.3) is 0 Å². The van der Waals surface area contributed by atoms with Crippen molar-refractivity contribution in [1.82, 2.24) is 14.5 Å². The van der Waals surface area contributed by atoms with Gasteiger partial charge in [-0.25, -0.2) is 18.5 Å². The lowest BCUT2D eigenvalue weighted by Gasteiger charge is -2.18. The number of benzene rings is 1. The van der Waals surface area contributed by atoms with Crippen molar-refractivity contribution in [3.8, 4) is 0 Å². The molecule has 9 heteroatoms. The Hall–Kier alpha value is -2.91. The fraction of sp³-hybridized carbons (Fsp3) is 0.263. The van der Waals surface area contributed by atoms with Crippen LogP contribution in [0.2, 0.25) is 0 Å². The highest BCUT2D eigenvalue weighted by molar-refractivity contribution is 7.89. The lowest BCUT2D eigenvalue weighted by Crippen LogP contribution is -2.30. The first-order chi connectivity index (χ1) is 13.2. The Morgan fingerprint density at radius 1 is 1.21 bits per heavy atom. The lowest BCUT2D eigenvalue weighted by molar-refractivity contribution is 0.0775. The molecule has 2 N–H and O–H groups in total. The molecule has 0 aliphatic carbocycles. The van der Waals surface area contributed by atoms with E-state index in [0.717, 1.165) is 5.56 Å². The Labute approximate surface area is 163 Å². The van der Waals surface area contributed by atoms with Crippen LogP contribution in [-0.4, -0.2) is 35.8 Å². The van der Waals surface area contributed by atoms with Gasteiger partial charge in [0.15, 0.2) is 0 Å². The maximum absolute atomic E-state index is 13.0. The van der Waals surface area contributed by atoms with E-state index < -0.39 is 15.9 Å². The van der Waals surface area contributed by atoms with Gasteiger partial charge in [0.2, 0.25) is 10.0 Å². The van der Waals surface area contributed by atoms with Gasteiger partial charge in [0, 0.05) is 26.0 Å². The van der Waals surface area contributed by atoms with E-state index in [0.29, 0.717) is 12.4 Å². The summed E-state index contributed by atoms with van der Waals surface area (Å²) in [6.07, 6.45) is 3.50. The van der Waals surface area contributed by atoms with Gasteiger partial charge in [-0.3, -0.25) is 4.79 Å². The summed E-state index contributed by atoms with van der Waals surface area (Å²) < 4.78 is 31.1. The molecule has 0 aliphatic heterocycles. The van der Waals surface area contributed by atoms with Gasteiger partial charge in [0.05, 0.1) is 6.54 Å². The normalized spacial score (nSPS) is 11.6. The number of sulfonamides is 1. The highest BCUT2D eigenvalue weighted by atomic mass is 32.2. The van der Waals surface area contributed by atoms with Gasteiger partial charge in [0.1, 0.15) is 27.8 Å². The van der Waals surface area contributed by atoms with Crippen LogP contribution in [0.1, 0.15) is 33.3 Å². The van der Waals surface area contributed by atoms with Gasteiger partial charge in [-0.1, -0.05) is 30.3 Å². The number of aryl methyl sites for hydroxylation is 2. The van der Waals surface area contributed by atoms with Crippen LogP contribution in [0.3, 0.4) is 0 Å². The summed E-state index contributed by atoms with van der Waals surface area (Å²) in [5.74, 6) is 0.496. The third kappa shape index (κ3) is 4.00. The van der Waals surface area contributed by atoms with Crippen LogP contribution in [0.15, 0.2) is 52.0 Å². The van der Waals surface area contributed by atoms with Crippen LogP contribution in [0, 0.1) is 13.8 Å². The zero-order valence-electron chi connectivity index (χ0n) is 15.9. The lowest BCUT2D eigenvalue weighted by atomic mass is 10.2. The van der Waals surface area contributed by atoms with E-state index in [1.807, 2.05) is 41.1 Å². The molecule has 28 heavy (non-hydrogen) atoms. The van der Waals surface area contributed by atoms with Crippen molar-refractivity contribution in [2.45, 2.75) is 31.8 Å². The molecule has 1 aromatic carbocycles. The van der Waals surface area contributed by atoms with Crippen LogP contribution < -0.4 is 5.14 Å². The van der Waals surface area contributed by atoms with E-state index in [-0.39, 0.29) is 28.5 Å². The molecule has 0 atom stereocenters. The Bertz CT molecular complexity index is 1100. The monoisotopic (exact) mass is 402 g/mol. The Kier molecular flexibility index (Phi) is 5.39. The van der Waals surface area contributed by atoms with E-state index in [1.165, 1.54) is 11.8 Å². The summed E-state index contributed by atoms with van der Waals surface area (Å²) in [6.45, 7) is 3.83. The Balaban J connectivity index is 1.85. The number of imidazole rings is 1. The molecular formula is C19H22N4O4S. The summed E-state index contributed by atoms with van der Waals surface area (Å²) in [6, 6.07) is 9.88. The van der Waals surface area contributed by atoms with Crippen molar-refractivity contribution in [2.75, 3.05) is 7.05 Å². The standard InChI is InChI=1S/C19H22N4O4S/c1-13-17(18(14(2)27-13)28(20,25)26)19(24)22(3)12-16-21-9-10-23(16)11-15-7-5-4-6-8-15/h4-10H,11-12H2,1-3H3,(H2,20,25,26). The van der Waals surface area contributed by atoms with Crippen molar-refractivity contribution in [3.63, 3.8) is 0 Å². The molecule has 0 unspecified atom stereocenters. The fourth-order valence-electron chi connectivity index (χ4n) is 3.14. The second kappa shape index (κ2) is 7.61. The number of nitrogens with zero attached hydrogens (tertiary/aromatic N) is 3. The number of amides is 1. The molecule has 0 saturated carbocycles. The predicted octanol–water partition coefficient (Wildman–Crippen LogP) is 2.06. The van der Waals surface area contributed by atoms with Gasteiger partial charge in [-0.05, 0) is 19.4 Å². The molecule has 2 heterocycles. The van der Waals surface area contributed by atoms with Crippen molar-refractivity contribution in [3.05, 3.63) is 71.2 Å². The summed E-state index contributed by atoms with van der Waals surface area (Å²) in [7, 11) is -2.51. The molecule has 3 aromatic rings. The molecule has 2 aromatic heterocycles. The topological polar surface area (TPSA) is 111 Å². The number of aromatic nitrogens is 2. The molecule has 8 nitrogen and oxygen atoms in total. The van der Waals surface area contributed by atoms with Gasteiger partial charge in [-0.2, -0.15) is 0 Å². The molecule has 0 spiro atoms. The third-order valence-corrected chi connectivity index (χ3v) is 5.49. The minimum atomic E-state index is -4.09. The number of carbonyl (C=O) groups is 1. The van der Waals surface area contributed by atoms with Crippen LogP contribution >= 0.6 is 0 Å². The number of carbonyl (C=O) groups excluding carboxylic acids is 1. The van der Waals surface area contributed by atoms with Gasteiger partial charge in [0.25, 0.3) is 5.91 Å². The van der Waals surface area contributed by atoms with Crippen molar-refractivity contribution in [1.29, 1.82) is 0 Å². The number of hydrogen-bond donors (Lipinski definition) is 1. The van der Waals surface area contributed by atoms with Crippen molar-refractivity contribution in [2.24, 2.45) is 5.14 Å². The van der Waals surface area contributed by atoms with Crippen LogP contribution in [-0.2, 0) is 23.1 Å². The third-order valence-electron chi connectivity index (χ3n) is 4.43. The number of rotatable bonds is 6. The molecule has 0 aliphatic rings. The summed E-state index contributed by atoms with van der Waals surface area (Å²) in [5.41, 5.74) is 1.07. The van der Waals surface area contributed by atoms with Crippen LogP contribution in [0.5, 0.6) is 0 Å². The predicted molar refractivity (Wildman–Crippen MR) is 103 cm³/mol. The second-order valence-corrected chi connectivity index (χ2v) is 8.08. The fourth-order valence-corrected chi connectivity index (χ4v) is 4.10. The first kappa shape index (κ1) is 19.8. The first-order valence-electron chi connectivity index (χ1n) is 8.60. The molecule has 0 radical (unpaired) electrons. The minimum absolute atomic E-state index is 0.0383. The number of nitrogens with two attached hydrogens (primary N) is 1. The number of primary sulfonamides is 1. The molecule has 1 amide bonds. The van der Waals surface area contributed by atoms with Crippen molar-refractivity contribution >= 4 is 15.9 Å². The van der Waals surface area contributed by atoms with E-state index in [2.05, 4.69) is 4.98 Å². The van der Waals surface area contributed by atoms with Crippen molar-refractivity contribution < 1.29 is 17.6 Å². The molecule has 0 saturated heterocycles. The molecule has 148 valence electrons. The number of hydrogen-bond acceptors (Lipinski definition) is 5. The van der Waals surface area contributed by atoms with E-state index in [4.69, 9.17) is 9.56 Å². The van der Waals surface area contributed by atoms with E-state index in [1.54, 1.807) is 20.2 Å². The Morgan fingerprint density at radius 3 is 2.54 bits per heavy atom. The summed E-state index contributed by atoms with van der Waals surface area (Å²) in [4.78, 5) is 18.4. The Morgan fingerprint density at radius 2 is 1.89 bits per heavy atom. The highest BCUT2D eigenvalue weighted by Crippen LogP contribution is 2.27. The molecule has 0 bridgehead atoms. The first-order valence-corrected chi connectivity index (χ1v) is 10.1. The van der Waals surface area contributed by atoms with Gasteiger partial charge < -0.3 is 13.9 Å². The minimum Gasteiger partial charge on any atom is -0.464 e. The van der Waals surface area contributed by atoms with E-state index >= 15 is 0 Å². The van der Waals surface area contributed by atoms with Gasteiger partial charge in [-0.15, -0.1) is 0 Å². The maximum atomic E-state index is 13.0. The smallest absolute Gasteiger partial charge is 0.258 e. The maximum Gasteiger partial charge on any atom is 0.258 e. The summed E-state index contributed by atoms with van der Waals surface area (Å²) >= 11 is 0. The summed E-state index contributed by atoms with van der Waals surface area (Å²) in [5, 5.41) is 5.28. The molecular weight excluding hydrogens is 380 g/mol. The number of furan rings is 1.